The maximum absolute atomic E-state index is 10.9. The molecule has 0 bridgehead atoms. The van der Waals surface area contributed by atoms with Crippen molar-refractivity contribution >= 4 is 21.7 Å². The van der Waals surface area contributed by atoms with Crippen LogP contribution < -0.4 is 0 Å². The number of ketones is 1. The predicted octanol–water partition coefficient (Wildman–Crippen LogP) is 3.99. The van der Waals surface area contributed by atoms with Crippen LogP contribution in [0.4, 0.5) is 0 Å². The van der Waals surface area contributed by atoms with Crippen molar-refractivity contribution in [3.05, 3.63) is 33.8 Å². The van der Waals surface area contributed by atoms with Crippen molar-refractivity contribution in [2.75, 3.05) is 0 Å². The molecule has 0 heterocycles. The van der Waals surface area contributed by atoms with Gasteiger partial charge in [-0.3, -0.25) is 4.79 Å². The average molecular weight is 243 g/mol. The number of halogens is 1. The molecule has 0 aliphatic heterocycles. The van der Waals surface area contributed by atoms with Crippen LogP contribution in [0.2, 0.25) is 0 Å². The summed E-state index contributed by atoms with van der Waals surface area (Å²) in [6.07, 6.45) is 0. The van der Waals surface area contributed by atoms with Gasteiger partial charge in [-0.05, 0) is 25.5 Å². The van der Waals surface area contributed by atoms with Gasteiger partial charge in [-0.15, -0.1) is 0 Å². The van der Waals surface area contributed by atoms with Crippen LogP contribution in [0.25, 0.3) is 0 Å². The maximum atomic E-state index is 10.9. The molecule has 1 nitrogen and oxygen atoms in total. The van der Waals surface area contributed by atoms with Gasteiger partial charge in [0.2, 0.25) is 0 Å². The van der Waals surface area contributed by atoms with Crippen molar-refractivity contribution in [1.29, 1.82) is 0 Å². The van der Waals surface area contributed by atoms with Gasteiger partial charge in [-0.2, -0.15) is 0 Å². The van der Waals surface area contributed by atoms with Gasteiger partial charge in [0.25, 0.3) is 0 Å². The number of aryl methyl sites for hydroxylation is 1. The Morgan fingerprint density at radius 2 is 1.85 bits per heavy atom. The maximum Gasteiger partial charge on any atom is 0.160 e. The second-order valence-corrected chi connectivity index (χ2v) is 3.39. The third-order valence-electron chi connectivity index (χ3n) is 1.50. The van der Waals surface area contributed by atoms with Crippen LogP contribution in [-0.2, 0) is 0 Å². The highest BCUT2D eigenvalue weighted by Gasteiger charge is 2.03. The van der Waals surface area contributed by atoms with E-state index >= 15 is 0 Å². The van der Waals surface area contributed by atoms with Crippen molar-refractivity contribution in [3.63, 3.8) is 0 Å². The fourth-order valence-corrected chi connectivity index (χ4v) is 1.68. The molecule has 13 heavy (non-hydrogen) atoms. The van der Waals surface area contributed by atoms with Crippen molar-refractivity contribution in [3.8, 4) is 0 Å². The molecule has 0 atom stereocenters. The van der Waals surface area contributed by atoms with E-state index in [0.717, 1.165) is 15.6 Å². The molecular formula is C11H15BrO. The highest BCUT2D eigenvalue weighted by Crippen LogP contribution is 2.18. The molecule has 0 aliphatic rings. The van der Waals surface area contributed by atoms with E-state index in [1.54, 1.807) is 6.92 Å². The van der Waals surface area contributed by atoms with Gasteiger partial charge in [0.1, 0.15) is 0 Å². The lowest BCUT2D eigenvalue weighted by atomic mass is 10.1. The van der Waals surface area contributed by atoms with Crippen LogP contribution >= 0.6 is 15.9 Å². The normalized spacial score (nSPS) is 8.69. The molecular weight excluding hydrogens is 228 g/mol. The van der Waals surface area contributed by atoms with Crippen LogP contribution in [-0.4, -0.2) is 5.78 Å². The van der Waals surface area contributed by atoms with E-state index in [4.69, 9.17) is 0 Å². The molecule has 0 saturated carbocycles. The first-order chi connectivity index (χ1) is 6.11. The Morgan fingerprint density at radius 1 is 1.31 bits per heavy atom. The average Bonchev–Trinajstić information content (AvgIpc) is 2.07. The first kappa shape index (κ1) is 12.4. The summed E-state index contributed by atoms with van der Waals surface area (Å²) in [7, 11) is 0. The summed E-state index contributed by atoms with van der Waals surface area (Å²) in [5.41, 5.74) is 1.90. The van der Waals surface area contributed by atoms with Gasteiger partial charge in [0, 0.05) is 10.0 Å². The summed E-state index contributed by atoms with van der Waals surface area (Å²) in [6.45, 7) is 7.56. The number of rotatable bonds is 1. The summed E-state index contributed by atoms with van der Waals surface area (Å²) in [4.78, 5) is 10.9. The minimum atomic E-state index is 0.0943. The molecule has 0 saturated heterocycles. The van der Waals surface area contributed by atoms with E-state index in [-0.39, 0.29) is 5.78 Å². The molecule has 2 heteroatoms. The quantitative estimate of drug-likeness (QED) is 0.681. The Bertz CT molecular complexity index is 292. The minimum Gasteiger partial charge on any atom is -0.294 e. The Kier molecular flexibility index (Phi) is 5.63. The topological polar surface area (TPSA) is 17.1 Å². The van der Waals surface area contributed by atoms with Gasteiger partial charge in [-0.25, -0.2) is 0 Å². The van der Waals surface area contributed by atoms with E-state index in [0.29, 0.717) is 0 Å². The van der Waals surface area contributed by atoms with Crippen molar-refractivity contribution in [1.82, 2.24) is 0 Å². The van der Waals surface area contributed by atoms with Crippen LogP contribution in [0.15, 0.2) is 22.7 Å². The fraction of sp³-hybridized carbons (Fsp3) is 0.364. The number of carbonyl (C=O) groups is 1. The summed E-state index contributed by atoms with van der Waals surface area (Å²) < 4.78 is 0.880. The zero-order valence-electron chi connectivity index (χ0n) is 8.52. The second kappa shape index (κ2) is 5.92. The third-order valence-corrected chi connectivity index (χ3v) is 2.16. The lowest BCUT2D eigenvalue weighted by molar-refractivity contribution is 0.101. The highest BCUT2D eigenvalue weighted by molar-refractivity contribution is 9.10. The second-order valence-electron chi connectivity index (χ2n) is 2.54. The largest absolute Gasteiger partial charge is 0.294 e. The van der Waals surface area contributed by atoms with E-state index in [2.05, 4.69) is 15.9 Å². The Labute approximate surface area is 88.3 Å². The van der Waals surface area contributed by atoms with E-state index in [1.807, 2.05) is 39.0 Å². The van der Waals surface area contributed by atoms with Crippen LogP contribution in [0.3, 0.4) is 0 Å². The van der Waals surface area contributed by atoms with Crippen molar-refractivity contribution < 1.29 is 4.79 Å². The molecule has 0 unspecified atom stereocenters. The van der Waals surface area contributed by atoms with Crippen LogP contribution in [0.5, 0.6) is 0 Å². The van der Waals surface area contributed by atoms with Crippen LogP contribution in [0.1, 0.15) is 36.7 Å². The summed E-state index contributed by atoms with van der Waals surface area (Å²) in [5.74, 6) is 0.0943. The molecule has 0 spiro atoms. The molecule has 0 amide bonds. The van der Waals surface area contributed by atoms with E-state index in [9.17, 15) is 4.79 Å². The molecule has 0 fully saturated rings. The van der Waals surface area contributed by atoms with Gasteiger partial charge in [-0.1, -0.05) is 41.9 Å². The number of hydrogen-bond acceptors (Lipinski definition) is 1. The molecule has 0 aromatic heterocycles. The van der Waals surface area contributed by atoms with Crippen molar-refractivity contribution in [2.24, 2.45) is 0 Å². The van der Waals surface area contributed by atoms with Gasteiger partial charge in [0.15, 0.2) is 5.78 Å². The molecule has 1 aromatic rings. The molecule has 0 radical (unpaired) electrons. The molecule has 0 N–H and O–H groups in total. The number of benzene rings is 1. The van der Waals surface area contributed by atoms with Gasteiger partial charge >= 0.3 is 0 Å². The fourth-order valence-electron chi connectivity index (χ4n) is 0.906. The molecule has 0 aliphatic carbocycles. The SMILES string of the molecule is CC.CC(=O)c1ccc(C)cc1Br. The standard InChI is InChI=1S/C9H9BrO.C2H6/c1-6-3-4-8(7(2)11)9(10)5-6;1-2/h3-5H,1-2H3;1-2H3. The zero-order chi connectivity index (χ0) is 10.4. The monoisotopic (exact) mass is 242 g/mol. The highest BCUT2D eigenvalue weighted by atomic mass is 79.9. The first-order valence-corrected chi connectivity index (χ1v) is 5.17. The summed E-state index contributed by atoms with van der Waals surface area (Å²) >= 11 is 3.33. The van der Waals surface area contributed by atoms with E-state index in [1.165, 1.54) is 0 Å². The lowest BCUT2D eigenvalue weighted by Gasteiger charge is -1.99. The predicted molar refractivity (Wildman–Crippen MR) is 60.2 cm³/mol. The van der Waals surface area contributed by atoms with E-state index < -0.39 is 0 Å². The van der Waals surface area contributed by atoms with Gasteiger partial charge < -0.3 is 0 Å². The number of hydrogen-bond donors (Lipinski definition) is 0. The lowest BCUT2D eigenvalue weighted by Crippen LogP contribution is -1.93. The third kappa shape index (κ3) is 3.73. The molecule has 1 rings (SSSR count). The Balaban J connectivity index is 0.000000671. The minimum absolute atomic E-state index is 0.0943. The molecule has 72 valence electrons. The smallest absolute Gasteiger partial charge is 0.160 e. The number of Topliss-reactive ketones (excluding diaryl/α,β-unsaturated/α-hetero) is 1. The Hall–Kier alpha value is -0.630. The first-order valence-electron chi connectivity index (χ1n) is 4.38. The number of carbonyl (C=O) groups excluding carboxylic acids is 1. The molecule has 1 aromatic carbocycles. The van der Waals surface area contributed by atoms with Crippen molar-refractivity contribution in [2.45, 2.75) is 27.7 Å². The van der Waals surface area contributed by atoms with Gasteiger partial charge in [0.05, 0.1) is 0 Å². The zero-order valence-corrected chi connectivity index (χ0v) is 10.1. The summed E-state index contributed by atoms with van der Waals surface area (Å²) in [6, 6.07) is 5.71. The Morgan fingerprint density at radius 3 is 2.23 bits per heavy atom. The summed E-state index contributed by atoms with van der Waals surface area (Å²) in [5, 5.41) is 0. The van der Waals surface area contributed by atoms with Crippen LogP contribution in [0, 0.1) is 6.92 Å².